The second-order valence-electron chi connectivity index (χ2n) is 3.09. The molecule has 0 saturated carbocycles. The second-order valence-corrected chi connectivity index (χ2v) is 5.64. The van der Waals surface area contributed by atoms with Crippen molar-refractivity contribution in [3.05, 3.63) is 42.0 Å². The van der Waals surface area contributed by atoms with E-state index in [1.807, 2.05) is 30.3 Å². The lowest BCUT2D eigenvalue weighted by Crippen LogP contribution is -2.13. The molecule has 0 heterocycles. The Hall–Kier alpha value is -0.963. The van der Waals surface area contributed by atoms with Gasteiger partial charge in [-0.05, 0) is 12.1 Å². The van der Waals surface area contributed by atoms with Crippen LogP contribution in [0, 0.1) is 0 Å². The summed E-state index contributed by atoms with van der Waals surface area (Å²) in [4.78, 5) is 0. The first-order valence-electron chi connectivity index (χ1n) is 4.17. The smallest absolute Gasteiger partial charge is 0.270 e. The molecule has 0 N–H and O–H groups in total. The number of benzene rings is 1. The van der Waals surface area contributed by atoms with Crippen molar-refractivity contribution < 1.29 is 8.22 Å². The van der Waals surface area contributed by atoms with E-state index >= 15 is 0 Å². The van der Waals surface area contributed by atoms with Crippen LogP contribution in [-0.2, 0) is 0 Å². The van der Waals surface area contributed by atoms with Crippen LogP contribution in [0.4, 0.5) is 8.22 Å². The van der Waals surface area contributed by atoms with Gasteiger partial charge in [0.25, 0.3) is 0 Å². The van der Waals surface area contributed by atoms with Crippen LogP contribution in [0.15, 0.2) is 36.4 Å². The fraction of sp³-hybridized carbons (Fsp3) is 0.200. The molecule has 0 radical (unpaired) electrons. The zero-order valence-corrected chi connectivity index (χ0v) is 8.50. The third-order valence-electron chi connectivity index (χ3n) is 1.59. The minimum absolute atomic E-state index is 0.0676. The van der Waals surface area contributed by atoms with Crippen molar-refractivity contribution in [1.82, 2.24) is 0 Å². The van der Waals surface area contributed by atoms with Gasteiger partial charge in [-0.25, -0.2) is 0 Å². The molecule has 1 rings (SSSR count). The molecule has 1 aromatic rings. The molecule has 0 atom stereocenters. The SMILES string of the molecule is C[Si](F)(F)C/C=C/c1ccccc1. The summed E-state index contributed by atoms with van der Waals surface area (Å²) in [6.45, 7) is 1.06. The van der Waals surface area contributed by atoms with E-state index < -0.39 is 8.74 Å². The highest BCUT2D eigenvalue weighted by molar-refractivity contribution is 6.65. The Morgan fingerprint density at radius 2 is 1.85 bits per heavy atom. The van der Waals surface area contributed by atoms with Crippen LogP contribution in [-0.4, -0.2) is 8.74 Å². The van der Waals surface area contributed by atoms with Crippen molar-refractivity contribution in [2.24, 2.45) is 0 Å². The van der Waals surface area contributed by atoms with Gasteiger partial charge in [0.05, 0.1) is 0 Å². The zero-order chi connectivity index (χ0) is 9.73. The molecule has 1 aromatic carbocycles. The fourth-order valence-corrected chi connectivity index (χ4v) is 1.50. The molecule has 3 heteroatoms. The van der Waals surface area contributed by atoms with E-state index in [9.17, 15) is 8.22 Å². The molecule has 0 nitrogen and oxygen atoms in total. The van der Waals surface area contributed by atoms with Crippen molar-refractivity contribution in [2.45, 2.75) is 12.6 Å². The third-order valence-corrected chi connectivity index (χ3v) is 2.54. The minimum atomic E-state index is -3.90. The summed E-state index contributed by atoms with van der Waals surface area (Å²) in [5.74, 6) is 0. The molecule has 0 aliphatic rings. The van der Waals surface area contributed by atoms with Gasteiger partial charge in [-0.2, -0.15) is 0 Å². The van der Waals surface area contributed by atoms with Crippen molar-refractivity contribution in [2.75, 3.05) is 0 Å². The molecule has 70 valence electrons. The Labute approximate surface area is 78.3 Å². The van der Waals surface area contributed by atoms with Crippen LogP contribution >= 0.6 is 0 Å². The first-order valence-corrected chi connectivity index (χ1v) is 6.64. The maximum Gasteiger partial charge on any atom is 0.425 e. The summed E-state index contributed by atoms with van der Waals surface area (Å²) < 4.78 is 25.0. The van der Waals surface area contributed by atoms with Crippen LogP contribution in [0.25, 0.3) is 6.08 Å². The highest BCUT2D eigenvalue weighted by Crippen LogP contribution is 2.14. The monoisotopic (exact) mass is 198 g/mol. The van der Waals surface area contributed by atoms with E-state index in [-0.39, 0.29) is 6.04 Å². The molecule has 0 spiro atoms. The van der Waals surface area contributed by atoms with Crippen molar-refractivity contribution in [1.29, 1.82) is 0 Å². The molecule has 0 fully saturated rings. The van der Waals surface area contributed by atoms with Gasteiger partial charge >= 0.3 is 8.74 Å². The average Bonchev–Trinajstić information content (AvgIpc) is 2.04. The van der Waals surface area contributed by atoms with Crippen LogP contribution < -0.4 is 0 Å². The minimum Gasteiger partial charge on any atom is -0.270 e. The van der Waals surface area contributed by atoms with E-state index in [1.165, 1.54) is 0 Å². The van der Waals surface area contributed by atoms with Crippen molar-refractivity contribution in [3.63, 3.8) is 0 Å². The Kier molecular flexibility index (Phi) is 3.37. The largest absolute Gasteiger partial charge is 0.425 e. The lowest BCUT2D eigenvalue weighted by atomic mass is 10.2. The quantitative estimate of drug-likeness (QED) is 0.513. The highest BCUT2D eigenvalue weighted by Gasteiger charge is 2.25. The third kappa shape index (κ3) is 4.57. The van der Waals surface area contributed by atoms with E-state index in [0.29, 0.717) is 0 Å². The van der Waals surface area contributed by atoms with E-state index in [2.05, 4.69) is 0 Å². The zero-order valence-electron chi connectivity index (χ0n) is 7.50. The molecule has 0 amide bonds. The van der Waals surface area contributed by atoms with Crippen molar-refractivity contribution in [3.8, 4) is 0 Å². The number of hydrogen-bond donors (Lipinski definition) is 0. The Morgan fingerprint density at radius 1 is 1.23 bits per heavy atom. The Balaban J connectivity index is 2.51. The van der Waals surface area contributed by atoms with Gasteiger partial charge in [-0.1, -0.05) is 42.5 Å². The van der Waals surface area contributed by atoms with Crippen LogP contribution in [0.2, 0.25) is 12.6 Å². The predicted molar refractivity (Wildman–Crippen MR) is 54.1 cm³/mol. The molecule has 0 saturated heterocycles. The van der Waals surface area contributed by atoms with Gasteiger partial charge in [-0.15, -0.1) is 0 Å². The lowest BCUT2D eigenvalue weighted by molar-refractivity contribution is 0.618. The van der Waals surface area contributed by atoms with E-state index in [0.717, 1.165) is 12.1 Å². The molecule has 0 unspecified atom stereocenters. The van der Waals surface area contributed by atoms with Gasteiger partial charge in [0.1, 0.15) is 0 Å². The lowest BCUT2D eigenvalue weighted by Gasteiger charge is -2.00. The highest BCUT2D eigenvalue weighted by atomic mass is 28.4. The molecule has 0 bridgehead atoms. The van der Waals surface area contributed by atoms with Crippen molar-refractivity contribution >= 4 is 14.8 Å². The molecular weight excluding hydrogens is 186 g/mol. The summed E-state index contributed by atoms with van der Waals surface area (Å²) in [7, 11) is -3.90. The summed E-state index contributed by atoms with van der Waals surface area (Å²) in [6, 6.07) is 9.41. The number of halogens is 2. The maximum absolute atomic E-state index is 12.5. The maximum atomic E-state index is 12.5. The van der Waals surface area contributed by atoms with Gasteiger partial charge in [0.2, 0.25) is 0 Å². The number of rotatable bonds is 3. The summed E-state index contributed by atoms with van der Waals surface area (Å²) >= 11 is 0. The van der Waals surface area contributed by atoms with Gasteiger partial charge in [0.15, 0.2) is 0 Å². The summed E-state index contributed by atoms with van der Waals surface area (Å²) in [6.07, 6.45) is 3.30. The topological polar surface area (TPSA) is 0 Å². The molecular formula is C10H12F2Si. The molecule has 0 aliphatic heterocycles. The standard InChI is InChI=1S/C10H12F2Si/c1-13(11,12)9-5-8-10-6-3-2-4-7-10/h2-8H,9H2,1H3/b8-5+. The van der Waals surface area contributed by atoms with Gasteiger partial charge in [-0.3, -0.25) is 8.22 Å². The van der Waals surface area contributed by atoms with E-state index in [4.69, 9.17) is 0 Å². The molecule has 0 aromatic heterocycles. The first-order chi connectivity index (χ1) is 6.08. The van der Waals surface area contributed by atoms with Gasteiger partial charge in [0, 0.05) is 6.04 Å². The predicted octanol–water partition coefficient (Wildman–Crippen LogP) is 3.71. The number of allylic oxidation sites excluding steroid dienone is 1. The van der Waals surface area contributed by atoms with Crippen LogP contribution in [0.3, 0.4) is 0 Å². The van der Waals surface area contributed by atoms with Crippen LogP contribution in [0.5, 0.6) is 0 Å². The summed E-state index contributed by atoms with van der Waals surface area (Å²) in [5, 5.41) is 0. The molecule has 0 aliphatic carbocycles. The normalized spacial score (nSPS) is 12.2. The Morgan fingerprint density at radius 3 is 2.38 bits per heavy atom. The summed E-state index contributed by atoms with van der Waals surface area (Å²) in [5.41, 5.74) is 0.973. The Bertz CT molecular complexity index is 275. The van der Waals surface area contributed by atoms with E-state index in [1.54, 1.807) is 12.2 Å². The first kappa shape index (κ1) is 10.1. The van der Waals surface area contributed by atoms with Crippen LogP contribution in [0.1, 0.15) is 5.56 Å². The second kappa shape index (κ2) is 4.32. The fourth-order valence-electron chi connectivity index (χ4n) is 0.966. The average molecular weight is 198 g/mol. The molecule has 13 heavy (non-hydrogen) atoms. The number of hydrogen-bond acceptors (Lipinski definition) is 0. The van der Waals surface area contributed by atoms with Gasteiger partial charge < -0.3 is 0 Å².